The summed E-state index contributed by atoms with van der Waals surface area (Å²) in [5.41, 5.74) is 0.861. The molecule has 0 unspecified atom stereocenters. The van der Waals surface area contributed by atoms with Crippen LogP contribution in [-0.4, -0.2) is 11.3 Å². The summed E-state index contributed by atoms with van der Waals surface area (Å²) in [6.45, 7) is 1.81. The molecule has 21 heavy (non-hydrogen) atoms. The lowest BCUT2D eigenvalue weighted by Crippen LogP contribution is -1.97. The van der Waals surface area contributed by atoms with Crippen LogP contribution in [0.4, 0.5) is 11.4 Å². The second-order valence-electron chi connectivity index (χ2n) is 4.22. The first-order valence-electron chi connectivity index (χ1n) is 5.94. The molecule has 6 nitrogen and oxygen atoms in total. The van der Waals surface area contributed by atoms with Crippen LogP contribution in [0.15, 0.2) is 36.4 Å². The Bertz CT molecular complexity index is 683. The standard InChI is InChI=1S/C14H11ClN2O4/c1-9-3-2-4-13(15)14(9)21-12-6-10(16-8-18)5-11(7-12)17(19)20/h2-8H,1H3,(H,16,18). The van der Waals surface area contributed by atoms with Crippen molar-refractivity contribution in [3.63, 3.8) is 0 Å². The zero-order valence-corrected chi connectivity index (χ0v) is 11.8. The van der Waals surface area contributed by atoms with Crippen LogP contribution in [0.25, 0.3) is 0 Å². The lowest BCUT2D eigenvalue weighted by Gasteiger charge is -2.11. The van der Waals surface area contributed by atoms with Crippen molar-refractivity contribution in [3.8, 4) is 11.5 Å². The molecular formula is C14H11ClN2O4. The van der Waals surface area contributed by atoms with Gasteiger partial charge < -0.3 is 10.1 Å². The molecule has 2 rings (SSSR count). The molecule has 2 aromatic rings. The van der Waals surface area contributed by atoms with Gasteiger partial charge in [-0.2, -0.15) is 0 Å². The monoisotopic (exact) mass is 306 g/mol. The van der Waals surface area contributed by atoms with Crippen molar-refractivity contribution >= 4 is 29.4 Å². The summed E-state index contributed by atoms with van der Waals surface area (Å²) in [7, 11) is 0. The fraction of sp³-hybridized carbons (Fsp3) is 0.0714. The van der Waals surface area contributed by atoms with Crippen molar-refractivity contribution in [2.75, 3.05) is 5.32 Å². The molecule has 1 N–H and O–H groups in total. The molecule has 0 fully saturated rings. The highest BCUT2D eigenvalue weighted by Gasteiger charge is 2.13. The number of nitro benzene ring substituents is 1. The number of nitrogens with zero attached hydrogens (tertiary/aromatic N) is 1. The van der Waals surface area contributed by atoms with Gasteiger partial charge in [-0.3, -0.25) is 14.9 Å². The minimum absolute atomic E-state index is 0.193. The van der Waals surface area contributed by atoms with Gasteiger partial charge in [-0.25, -0.2) is 0 Å². The van der Waals surface area contributed by atoms with Crippen molar-refractivity contribution in [2.24, 2.45) is 0 Å². The number of carbonyl (C=O) groups is 1. The van der Waals surface area contributed by atoms with Gasteiger partial charge in [0.2, 0.25) is 6.41 Å². The number of non-ortho nitro benzene ring substituents is 1. The molecule has 0 radical (unpaired) electrons. The third-order valence-corrected chi connectivity index (χ3v) is 3.01. The third kappa shape index (κ3) is 3.49. The average molecular weight is 307 g/mol. The molecule has 0 aliphatic carbocycles. The van der Waals surface area contributed by atoms with Gasteiger partial charge >= 0.3 is 0 Å². The van der Waals surface area contributed by atoms with Gasteiger partial charge in [0.25, 0.3) is 5.69 Å². The van der Waals surface area contributed by atoms with Gasteiger partial charge in [-0.15, -0.1) is 0 Å². The summed E-state index contributed by atoms with van der Waals surface area (Å²) in [5, 5.41) is 13.7. The number of para-hydroxylation sites is 1. The molecule has 0 spiro atoms. The van der Waals surface area contributed by atoms with E-state index in [1.54, 1.807) is 12.1 Å². The molecular weight excluding hydrogens is 296 g/mol. The number of nitrogens with one attached hydrogen (secondary N) is 1. The number of carbonyl (C=O) groups excluding carboxylic acids is 1. The summed E-state index contributed by atoms with van der Waals surface area (Å²) in [4.78, 5) is 20.8. The van der Waals surface area contributed by atoms with E-state index in [9.17, 15) is 14.9 Å². The number of aryl methyl sites for hydroxylation is 1. The smallest absolute Gasteiger partial charge is 0.275 e. The Labute approximate surface area is 125 Å². The highest BCUT2D eigenvalue weighted by atomic mass is 35.5. The predicted molar refractivity (Wildman–Crippen MR) is 79.0 cm³/mol. The maximum absolute atomic E-state index is 10.9. The zero-order valence-electron chi connectivity index (χ0n) is 11.0. The number of hydrogen-bond acceptors (Lipinski definition) is 4. The maximum Gasteiger partial charge on any atom is 0.275 e. The number of benzene rings is 2. The summed E-state index contributed by atoms with van der Waals surface area (Å²) in [6, 6.07) is 9.22. The van der Waals surface area contributed by atoms with Gasteiger partial charge in [0.1, 0.15) is 11.5 Å². The Morgan fingerprint density at radius 2 is 2.10 bits per heavy atom. The molecule has 0 aromatic heterocycles. The van der Waals surface area contributed by atoms with Gasteiger partial charge in [0, 0.05) is 12.1 Å². The number of halogens is 1. The second kappa shape index (κ2) is 6.23. The molecule has 0 aliphatic rings. The second-order valence-corrected chi connectivity index (χ2v) is 4.63. The van der Waals surface area contributed by atoms with Crippen molar-refractivity contribution in [1.29, 1.82) is 0 Å². The largest absolute Gasteiger partial charge is 0.455 e. The Morgan fingerprint density at radius 3 is 2.71 bits per heavy atom. The van der Waals surface area contributed by atoms with E-state index in [1.165, 1.54) is 18.2 Å². The van der Waals surface area contributed by atoms with E-state index in [-0.39, 0.29) is 17.1 Å². The van der Waals surface area contributed by atoms with Gasteiger partial charge in [-0.1, -0.05) is 23.7 Å². The van der Waals surface area contributed by atoms with Crippen LogP contribution in [0.5, 0.6) is 11.5 Å². The normalized spacial score (nSPS) is 10.0. The molecule has 0 saturated carbocycles. The van der Waals surface area contributed by atoms with Crippen LogP contribution < -0.4 is 10.1 Å². The van der Waals surface area contributed by atoms with Crippen molar-refractivity contribution in [2.45, 2.75) is 6.92 Å². The van der Waals surface area contributed by atoms with Crippen LogP contribution >= 0.6 is 11.6 Å². The summed E-state index contributed by atoms with van der Waals surface area (Å²) >= 11 is 6.05. The number of rotatable bonds is 5. The fourth-order valence-electron chi connectivity index (χ4n) is 1.76. The van der Waals surface area contributed by atoms with Crippen molar-refractivity contribution < 1.29 is 14.5 Å². The molecule has 0 saturated heterocycles. The fourth-order valence-corrected chi connectivity index (χ4v) is 2.02. The number of ether oxygens (including phenoxy) is 1. The summed E-state index contributed by atoms with van der Waals surface area (Å²) in [5.74, 6) is 0.626. The molecule has 7 heteroatoms. The number of nitro groups is 1. The minimum Gasteiger partial charge on any atom is -0.455 e. The minimum atomic E-state index is -0.567. The number of hydrogen-bond donors (Lipinski definition) is 1. The van der Waals surface area contributed by atoms with Gasteiger partial charge in [0.15, 0.2) is 0 Å². The first kappa shape index (κ1) is 14.8. The van der Waals surface area contributed by atoms with E-state index in [0.29, 0.717) is 17.2 Å². The highest BCUT2D eigenvalue weighted by molar-refractivity contribution is 6.32. The van der Waals surface area contributed by atoms with Crippen molar-refractivity contribution in [1.82, 2.24) is 0 Å². The quantitative estimate of drug-likeness (QED) is 0.515. The zero-order chi connectivity index (χ0) is 15.4. The van der Waals surface area contributed by atoms with E-state index in [0.717, 1.165) is 5.56 Å². The molecule has 0 aliphatic heterocycles. The molecule has 1 amide bonds. The molecule has 0 bridgehead atoms. The van der Waals surface area contributed by atoms with E-state index >= 15 is 0 Å². The van der Waals surface area contributed by atoms with E-state index in [1.807, 2.05) is 13.0 Å². The molecule has 0 atom stereocenters. The van der Waals surface area contributed by atoms with Gasteiger partial charge in [0.05, 0.1) is 21.7 Å². The third-order valence-electron chi connectivity index (χ3n) is 2.71. The number of amides is 1. The number of anilines is 1. The summed E-state index contributed by atoms with van der Waals surface area (Å²) in [6.07, 6.45) is 0.434. The van der Waals surface area contributed by atoms with Crippen LogP contribution in [0.3, 0.4) is 0 Å². The molecule has 108 valence electrons. The van der Waals surface area contributed by atoms with Crippen LogP contribution in [-0.2, 0) is 4.79 Å². The summed E-state index contributed by atoms with van der Waals surface area (Å²) < 4.78 is 5.63. The Balaban J connectivity index is 2.43. The van der Waals surface area contributed by atoms with Crippen molar-refractivity contribution in [3.05, 3.63) is 57.1 Å². The lowest BCUT2D eigenvalue weighted by atomic mass is 10.2. The molecule has 2 aromatic carbocycles. The Hall–Kier alpha value is -2.60. The SMILES string of the molecule is Cc1cccc(Cl)c1Oc1cc(NC=O)cc([N+](=O)[O-])c1. The van der Waals surface area contributed by atoms with E-state index < -0.39 is 4.92 Å². The van der Waals surface area contributed by atoms with E-state index in [4.69, 9.17) is 16.3 Å². The average Bonchev–Trinajstić information content (AvgIpc) is 2.43. The van der Waals surface area contributed by atoms with Crippen LogP contribution in [0.2, 0.25) is 5.02 Å². The maximum atomic E-state index is 10.9. The predicted octanol–water partition coefficient (Wildman–Crippen LogP) is 3.92. The highest BCUT2D eigenvalue weighted by Crippen LogP contribution is 2.35. The first-order valence-corrected chi connectivity index (χ1v) is 6.31. The van der Waals surface area contributed by atoms with E-state index in [2.05, 4.69) is 5.32 Å². The van der Waals surface area contributed by atoms with Crippen LogP contribution in [0.1, 0.15) is 5.56 Å². The Kier molecular flexibility index (Phi) is 4.39. The molecule has 0 heterocycles. The van der Waals surface area contributed by atoms with Crippen LogP contribution in [0, 0.1) is 17.0 Å². The van der Waals surface area contributed by atoms with Gasteiger partial charge in [-0.05, 0) is 18.6 Å². The Morgan fingerprint density at radius 1 is 1.33 bits per heavy atom. The lowest BCUT2D eigenvalue weighted by molar-refractivity contribution is -0.384. The topological polar surface area (TPSA) is 81.5 Å². The first-order chi connectivity index (χ1) is 10.0.